The highest BCUT2D eigenvalue weighted by molar-refractivity contribution is 5.82. The maximum Gasteiger partial charge on any atom is 0.237 e. The molecule has 0 bridgehead atoms. The average molecular weight is 322 g/mol. The lowest BCUT2D eigenvalue weighted by Gasteiger charge is -2.34. The number of likely N-dealkylation sites (N-methyl/N-ethyl adjacent to an activating group) is 1. The Morgan fingerprint density at radius 3 is 2.61 bits per heavy atom. The van der Waals surface area contributed by atoms with E-state index in [-0.39, 0.29) is 11.9 Å². The molecule has 0 radical (unpaired) electrons. The number of carbonyl (C=O) groups is 1. The van der Waals surface area contributed by atoms with Crippen LogP contribution in [-0.4, -0.2) is 73.6 Å². The van der Waals surface area contributed by atoms with Gasteiger partial charge in [-0.1, -0.05) is 19.8 Å². The summed E-state index contributed by atoms with van der Waals surface area (Å²) in [4.78, 5) is 17.4. The molecule has 0 aromatic carbocycles. The van der Waals surface area contributed by atoms with E-state index in [9.17, 15) is 4.79 Å². The molecule has 3 rings (SSSR count). The van der Waals surface area contributed by atoms with Crippen LogP contribution in [0, 0.1) is 5.92 Å². The summed E-state index contributed by atoms with van der Waals surface area (Å²) in [6.45, 7) is 10.1. The molecule has 0 aromatic rings. The first-order valence-electron chi connectivity index (χ1n) is 9.74. The summed E-state index contributed by atoms with van der Waals surface area (Å²) < 4.78 is 0. The zero-order valence-electron chi connectivity index (χ0n) is 14.7. The highest BCUT2D eigenvalue weighted by atomic mass is 16.2. The molecule has 1 amide bonds. The molecular weight excluding hydrogens is 288 g/mol. The second-order valence-corrected chi connectivity index (χ2v) is 7.53. The monoisotopic (exact) mass is 322 g/mol. The Morgan fingerprint density at radius 1 is 1.13 bits per heavy atom. The van der Waals surface area contributed by atoms with Gasteiger partial charge in [0, 0.05) is 38.8 Å². The van der Waals surface area contributed by atoms with Crippen LogP contribution in [0.15, 0.2) is 0 Å². The van der Waals surface area contributed by atoms with Gasteiger partial charge in [-0.3, -0.25) is 4.79 Å². The molecule has 0 spiro atoms. The smallest absolute Gasteiger partial charge is 0.237 e. The van der Waals surface area contributed by atoms with Gasteiger partial charge in [0.2, 0.25) is 5.91 Å². The summed E-state index contributed by atoms with van der Waals surface area (Å²) in [6, 6.07) is 0.672. The van der Waals surface area contributed by atoms with Crippen LogP contribution in [0.2, 0.25) is 0 Å². The first kappa shape index (κ1) is 17.2. The van der Waals surface area contributed by atoms with E-state index >= 15 is 0 Å². The van der Waals surface area contributed by atoms with Gasteiger partial charge in [-0.2, -0.15) is 0 Å². The minimum atomic E-state index is 0.0659. The van der Waals surface area contributed by atoms with Gasteiger partial charge in [0.1, 0.15) is 0 Å². The van der Waals surface area contributed by atoms with Crippen LogP contribution < -0.4 is 10.6 Å². The van der Waals surface area contributed by atoms with E-state index in [0.717, 1.165) is 31.8 Å². The van der Waals surface area contributed by atoms with Gasteiger partial charge in [-0.25, -0.2) is 0 Å². The van der Waals surface area contributed by atoms with Crippen LogP contribution in [0.4, 0.5) is 0 Å². The number of hydrogen-bond donors (Lipinski definition) is 2. The molecule has 3 atom stereocenters. The minimum Gasteiger partial charge on any atom is -0.355 e. The third-order valence-electron chi connectivity index (χ3n) is 6.04. The van der Waals surface area contributed by atoms with E-state index < -0.39 is 0 Å². The lowest BCUT2D eigenvalue weighted by atomic mass is 9.85. The van der Waals surface area contributed by atoms with Gasteiger partial charge in [0.15, 0.2) is 0 Å². The van der Waals surface area contributed by atoms with Crippen molar-refractivity contribution in [1.82, 2.24) is 20.4 Å². The molecular formula is C18H34N4O. The van der Waals surface area contributed by atoms with E-state index in [0.29, 0.717) is 6.04 Å². The van der Waals surface area contributed by atoms with Crippen molar-refractivity contribution in [1.29, 1.82) is 0 Å². The van der Waals surface area contributed by atoms with Crippen molar-refractivity contribution >= 4 is 5.91 Å². The Morgan fingerprint density at radius 2 is 1.87 bits per heavy atom. The van der Waals surface area contributed by atoms with Crippen molar-refractivity contribution in [2.45, 2.75) is 57.5 Å². The van der Waals surface area contributed by atoms with Crippen molar-refractivity contribution in [2.24, 2.45) is 5.92 Å². The third-order valence-corrected chi connectivity index (χ3v) is 6.04. The molecule has 1 saturated carbocycles. The molecule has 2 aliphatic heterocycles. The second-order valence-electron chi connectivity index (χ2n) is 7.53. The molecule has 23 heavy (non-hydrogen) atoms. The number of nitrogens with one attached hydrogen (secondary N) is 2. The average Bonchev–Trinajstić information content (AvgIpc) is 3.03. The number of carbonyl (C=O) groups excluding carboxylic acids is 1. The predicted molar refractivity (Wildman–Crippen MR) is 93.5 cm³/mol. The quantitative estimate of drug-likeness (QED) is 0.718. The summed E-state index contributed by atoms with van der Waals surface area (Å²) >= 11 is 0. The van der Waals surface area contributed by atoms with Crippen LogP contribution in [0.1, 0.15) is 45.4 Å². The Bertz CT molecular complexity index is 367. The lowest BCUT2D eigenvalue weighted by molar-refractivity contribution is -0.122. The summed E-state index contributed by atoms with van der Waals surface area (Å²) in [7, 11) is 0. The molecule has 3 unspecified atom stereocenters. The minimum absolute atomic E-state index is 0.0659. The number of hydrogen-bond acceptors (Lipinski definition) is 4. The van der Waals surface area contributed by atoms with E-state index in [1.165, 1.54) is 58.4 Å². The van der Waals surface area contributed by atoms with Gasteiger partial charge in [0.25, 0.3) is 0 Å². The van der Waals surface area contributed by atoms with Gasteiger partial charge in [-0.05, 0) is 44.7 Å². The van der Waals surface area contributed by atoms with Crippen molar-refractivity contribution in [3.63, 3.8) is 0 Å². The van der Waals surface area contributed by atoms with Crippen molar-refractivity contribution < 1.29 is 4.79 Å². The van der Waals surface area contributed by atoms with E-state index in [4.69, 9.17) is 0 Å². The lowest BCUT2D eigenvalue weighted by Crippen LogP contribution is -2.47. The summed E-state index contributed by atoms with van der Waals surface area (Å²) in [5.41, 5.74) is 0. The Kier molecular flexibility index (Phi) is 6.31. The Hall–Kier alpha value is -0.650. The van der Waals surface area contributed by atoms with E-state index in [2.05, 4.69) is 27.4 Å². The molecule has 2 saturated heterocycles. The van der Waals surface area contributed by atoms with Crippen LogP contribution in [0.3, 0.4) is 0 Å². The normalized spacial score (nSPS) is 32.7. The third kappa shape index (κ3) is 4.68. The van der Waals surface area contributed by atoms with Gasteiger partial charge >= 0.3 is 0 Å². The molecule has 5 nitrogen and oxygen atoms in total. The largest absolute Gasteiger partial charge is 0.355 e. The molecule has 5 heteroatoms. The Labute approximate surface area is 141 Å². The Balaban J connectivity index is 1.28. The van der Waals surface area contributed by atoms with Crippen LogP contribution in [-0.2, 0) is 4.79 Å². The first-order valence-corrected chi connectivity index (χ1v) is 9.74. The number of nitrogens with zero attached hydrogens (tertiary/aromatic N) is 2. The topological polar surface area (TPSA) is 47.6 Å². The highest BCUT2D eigenvalue weighted by Gasteiger charge is 2.37. The standard InChI is InChI=1S/C18H34N4O/c1-2-21-10-12-22(13-11-21)9-5-8-19-18(23)17-14-15-6-3-4-7-16(15)20-17/h15-17,20H,2-14H2,1H3,(H,19,23). The number of fused-ring (bicyclic) bond motifs is 1. The first-order chi connectivity index (χ1) is 11.3. The maximum absolute atomic E-state index is 12.3. The summed E-state index contributed by atoms with van der Waals surface area (Å²) in [5, 5.41) is 6.72. The van der Waals surface area contributed by atoms with Crippen molar-refractivity contribution in [3.8, 4) is 0 Å². The van der Waals surface area contributed by atoms with Gasteiger partial charge in [0.05, 0.1) is 6.04 Å². The van der Waals surface area contributed by atoms with E-state index in [1.54, 1.807) is 0 Å². The van der Waals surface area contributed by atoms with Crippen molar-refractivity contribution in [2.75, 3.05) is 45.8 Å². The SMILES string of the molecule is CCN1CCN(CCCNC(=O)C2CC3CCCCC3N2)CC1. The molecule has 2 heterocycles. The zero-order chi connectivity index (χ0) is 16.1. The molecule has 3 aliphatic rings. The fraction of sp³-hybridized carbons (Fsp3) is 0.944. The molecule has 2 N–H and O–H groups in total. The van der Waals surface area contributed by atoms with Crippen LogP contribution >= 0.6 is 0 Å². The maximum atomic E-state index is 12.3. The number of rotatable bonds is 6. The zero-order valence-corrected chi connectivity index (χ0v) is 14.7. The number of amides is 1. The molecule has 3 fully saturated rings. The number of piperazine rings is 1. The summed E-state index contributed by atoms with van der Waals surface area (Å²) in [5.74, 6) is 0.976. The van der Waals surface area contributed by atoms with Crippen molar-refractivity contribution in [3.05, 3.63) is 0 Å². The molecule has 132 valence electrons. The van der Waals surface area contributed by atoms with E-state index in [1.807, 2.05) is 0 Å². The molecule has 1 aliphatic carbocycles. The second kappa shape index (κ2) is 8.45. The van der Waals surface area contributed by atoms with Gasteiger partial charge in [-0.15, -0.1) is 0 Å². The molecule has 0 aromatic heterocycles. The fourth-order valence-corrected chi connectivity index (χ4v) is 4.49. The fourth-order valence-electron chi connectivity index (χ4n) is 4.49. The van der Waals surface area contributed by atoms with Crippen LogP contribution in [0.5, 0.6) is 0 Å². The van der Waals surface area contributed by atoms with Crippen LogP contribution in [0.25, 0.3) is 0 Å². The van der Waals surface area contributed by atoms with Gasteiger partial charge < -0.3 is 20.4 Å². The highest BCUT2D eigenvalue weighted by Crippen LogP contribution is 2.33. The summed E-state index contributed by atoms with van der Waals surface area (Å²) in [6.07, 6.45) is 7.37. The predicted octanol–water partition coefficient (Wildman–Crippen LogP) is 1.05.